The van der Waals surface area contributed by atoms with Crippen LogP contribution in [0.5, 0.6) is 0 Å². The molecule has 0 aromatic heterocycles. The zero-order valence-corrected chi connectivity index (χ0v) is 8.32. The van der Waals surface area contributed by atoms with Crippen LogP contribution in [0.1, 0.15) is 6.42 Å². The Kier molecular flexibility index (Phi) is 4.20. The molecule has 1 aliphatic rings. The Hall–Kier alpha value is 0.0900. The van der Waals surface area contributed by atoms with Crippen LogP contribution in [0.3, 0.4) is 0 Å². The molecule has 70 valence electrons. The average Bonchev–Trinajstić information content (AvgIpc) is 2.83. The third kappa shape index (κ3) is 3.66. The van der Waals surface area contributed by atoms with Gasteiger partial charge in [-0.25, -0.2) is 0 Å². The lowest BCUT2D eigenvalue weighted by Gasteiger charge is -2.07. The van der Waals surface area contributed by atoms with Crippen molar-refractivity contribution in [3.8, 4) is 0 Å². The first-order valence-electron chi connectivity index (χ1n) is 3.51. The molecule has 1 fully saturated rings. The third-order valence-electron chi connectivity index (χ3n) is 1.32. The number of esters is 1. The SMILES string of the molecule is CSCC[C@H](N)C(=O)OC1OS1. The van der Waals surface area contributed by atoms with Crippen LogP contribution >= 0.6 is 23.8 Å². The summed E-state index contributed by atoms with van der Waals surface area (Å²) in [6, 6.07) is -0.512. The maximum absolute atomic E-state index is 11.0. The first kappa shape index (κ1) is 10.2. The van der Waals surface area contributed by atoms with Crippen LogP contribution in [-0.2, 0) is 13.7 Å². The summed E-state index contributed by atoms with van der Waals surface area (Å²) in [7, 11) is 0. The molecule has 0 bridgehead atoms. The molecule has 0 saturated carbocycles. The maximum Gasteiger partial charge on any atom is 0.326 e. The molecular formula is C6H11NO3S2. The predicted octanol–water partition coefficient (Wildman–Crippen LogP) is 0.572. The van der Waals surface area contributed by atoms with Gasteiger partial charge in [-0.05, 0) is 18.4 Å². The largest absolute Gasteiger partial charge is 0.421 e. The van der Waals surface area contributed by atoms with Gasteiger partial charge in [0.05, 0.1) is 12.0 Å². The van der Waals surface area contributed by atoms with Crippen molar-refractivity contribution in [1.29, 1.82) is 0 Å². The van der Waals surface area contributed by atoms with E-state index in [1.165, 1.54) is 0 Å². The van der Waals surface area contributed by atoms with E-state index < -0.39 is 11.7 Å². The Bertz CT molecular complexity index is 163. The first-order valence-corrected chi connectivity index (χ1v) is 5.71. The van der Waals surface area contributed by atoms with E-state index in [0.29, 0.717) is 6.42 Å². The fourth-order valence-electron chi connectivity index (χ4n) is 0.607. The molecule has 2 N–H and O–H groups in total. The molecule has 6 heteroatoms. The maximum atomic E-state index is 11.0. The van der Waals surface area contributed by atoms with Crippen molar-refractivity contribution in [2.24, 2.45) is 5.73 Å². The van der Waals surface area contributed by atoms with Gasteiger partial charge in [-0.1, -0.05) is 0 Å². The minimum Gasteiger partial charge on any atom is -0.421 e. The Morgan fingerprint density at radius 3 is 3.08 bits per heavy atom. The number of nitrogens with two attached hydrogens (primary N) is 1. The predicted molar refractivity (Wildman–Crippen MR) is 49.5 cm³/mol. The van der Waals surface area contributed by atoms with E-state index >= 15 is 0 Å². The number of rotatable bonds is 5. The monoisotopic (exact) mass is 209 g/mol. The number of carbonyl (C=O) groups excluding carboxylic acids is 1. The average molecular weight is 209 g/mol. The van der Waals surface area contributed by atoms with Gasteiger partial charge in [0.2, 0.25) is 0 Å². The molecule has 0 aromatic rings. The van der Waals surface area contributed by atoms with Crippen LogP contribution in [-0.4, -0.2) is 29.6 Å². The van der Waals surface area contributed by atoms with Crippen LogP contribution in [0.15, 0.2) is 0 Å². The molecule has 1 heterocycles. The number of hydrogen-bond donors (Lipinski definition) is 1. The summed E-state index contributed by atoms with van der Waals surface area (Å²) in [5.41, 5.74) is 5.12. The van der Waals surface area contributed by atoms with Crippen molar-refractivity contribution < 1.29 is 13.7 Å². The van der Waals surface area contributed by atoms with Crippen molar-refractivity contribution in [2.45, 2.75) is 18.1 Å². The Labute approximate surface area is 79.7 Å². The summed E-state index contributed by atoms with van der Waals surface area (Å²) >= 11 is 2.79. The molecule has 1 aliphatic heterocycles. The first-order chi connectivity index (χ1) is 5.74. The topological polar surface area (TPSA) is 64.9 Å². The molecule has 2 atom stereocenters. The van der Waals surface area contributed by atoms with Crippen LogP contribution < -0.4 is 5.73 Å². The number of carbonyl (C=O) groups is 1. The molecule has 0 spiro atoms. The van der Waals surface area contributed by atoms with Gasteiger partial charge in [0, 0.05) is 0 Å². The second-order valence-corrected chi connectivity index (χ2v) is 4.06. The van der Waals surface area contributed by atoms with Crippen LogP contribution in [0.2, 0.25) is 0 Å². The molecule has 1 unspecified atom stereocenters. The Morgan fingerprint density at radius 2 is 2.58 bits per heavy atom. The summed E-state index contributed by atoms with van der Waals surface area (Å²) in [4.78, 5) is 11.0. The van der Waals surface area contributed by atoms with Crippen molar-refractivity contribution in [3.63, 3.8) is 0 Å². The lowest BCUT2D eigenvalue weighted by molar-refractivity contribution is -0.149. The third-order valence-corrected chi connectivity index (χ3v) is 2.41. The lowest BCUT2D eigenvalue weighted by atomic mass is 10.2. The van der Waals surface area contributed by atoms with Crippen molar-refractivity contribution in [1.82, 2.24) is 0 Å². The van der Waals surface area contributed by atoms with E-state index in [0.717, 1.165) is 17.8 Å². The highest BCUT2D eigenvalue weighted by Gasteiger charge is 2.31. The molecule has 12 heavy (non-hydrogen) atoms. The Balaban J connectivity index is 2.11. The summed E-state index contributed by atoms with van der Waals surface area (Å²) < 4.78 is 9.43. The van der Waals surface area contributed by atoms with Gasteiger partial charge in [-0.15, -0.1) is 0 Å². The van der Waals surface area contributed by atoms with E-state index in [1.807, 2.05) is 6.26 Å². The molecule has 4 nitrogen and oxygen atoms in total. The van der Waals surface area contributed by atoms with Gasteiger partial charge in [0.1, 0.15) is 6.04 Å². The van der Waals surface area contributed by atoms with Crippen molar-refractivity contribution >= 4 is 29.8 Å². The van der Waals surface area contributed by atoms with Gasteiger partial charge < -0.3 is 10.5 Å². The van der Waals surface area contributed by atoms with Crippen LogP contribution in [0.4, 0.5) is 0 Å². The second kappa shape index (κ2) is 4.96. The van der Waals surface area contributed by atoms with Gasteiger partial charge in [0.15, 0.2) is 0 Å². The zero-order chi connectivity index (χ0) is 8.97. The number of ether oxygens (including phenoxy) is 1. The molecule has 0 aromatic carbocycles. The fraction of sp³-hybridized carbons (Fsp3) is 0.833. The van der Waals surface area contributed by atoms with E-state index in [9.17, 15) is 4.79 Å². The van der Waals surface area contributed by atoms with Gasteiger partial charge in [-0.2, -0.15) is 11.8 Å². The van der Waals surface area contributed by atoms with E-state index in [2.05, 4.69) is 4.18 Å². The van der Waals surface area contributed by atoms with Gasteiger partial charge >= 0.3 is 5.97 Å². The van der Waals surface area contributed by atoms with Gasteiger partial charge in [-0.3, -0.25) is 8.98 Å². The fourth-order valence-corrected chi connectivity index (χ4v) is 1.32. The van der Waals surface area contributed by atoms with Crippen molar-refractivity contribution in [2.75, 3.05) is 12.0 Å². The van der Waals surface area contributed by atoms with Crippen molar-refractivity contribution in [3.05, 3.63) is 0 Å². The summed E-state index contributed by atoms with van der Waals surface area (Å²) in [6.45, 7) is 0. The molecule has 0 aliphatic carbocycles. The minimum absolute atomic E-state index is 0.376. The zero-order valence-electron chi connectivity index (χ0n) is 6.69. The molecule has 1 rings (SSSR count). The van der Waals surface area contributed by atoms with Crippen LogP contribution in [0.25, 0.3) is 0 Å². The minimum atomic E-state index is -0.512. The number of thioether (sulfide) groups is 1. The van der Waals surface area contributed by atoms with Gasteiger partial charge in [0.25, 0.3) is 5.62 Å². The second-order valence-electron chi connectivity index (χ2n) is 2.31. The smallest absolute Gasteiger partial charge is 0.326 e. The quantitative estimate of drug-likeness (QED) is 0.406. The molecule has 1 saturated heterocycles. The standard InChI is InChI=1S/C6H11NO3S2/c1-11-3-2-4(7)5(8)9-6-10-12-6/h4,6H,2-3,7H2,1H3/t4-,6?/m0/s1. The highest BCUT2D eigenvalue weighted by atomic mass is 32.2. The summed E-state index contributed by atoms with van der Waals surface area (Å²) in [5, 5.41) is 0. The number of hydrogen-bond acceptors (Lipinski definition) is 6. The van der Waals surface area contributed by atoms with E-state index in [1.54, 1.807) is 11.8 Å². The Morgan fingerprint density at radius 1 is 1.92 bits per heavy atom. The molecular weight excluding hydrogens is 198 g/mol. The highest BCUT2D eigenvalue weighted by Crippen LogP contribution is 2.34. The van der Waals surface area contributed by atoms with E-state index in [-0.39, 0.29) is 5.97 Å². The normalized spacial score (nSPS) is 23.3. The summed E-state index contributed by atoms with van der Waals surface area (Å²) in [5.74, 6) is 0.494. The highest BCUT2D eigenvalue weighted by molar-refractivity contribution is 8.00. The van der Waals surface area contributed by atoms with E-state index in [4.69, 9.17) is 10.5 Å². The summed E-state index contributed by atoms with van der Waals surface area (Å²) in [6.07, 6.45) is 2.62. The molecule has 0 amide bonds. The molecule has 0 radical (unpaired) electrons. The lowest BCUT2D eigenvalue weighted by Crippen LogP contribution is -2.33. The van der Waals surface area contributed by atoms with Crippen LogP contribution in [0, 0.1) is 0 Å².